The van der Waals surface area contributed by atoms with Crippen molar-refractivity contribution in [1.82, 2.24) is 4.31 Å². The molecule has 0 amide bonds. The van der Waals surface area contributed by atoms with E-state index in [1.165, 1.54) is 5.56 Å². The van der Waals surface area contributed by atoms with Gasteiger partial charge in [-0.1, -0.05) is 60.7 Å². The summed E-state index contributed by atoms with van der Waals surface area (Å²) in [5.41, 5.74) is 1.66. The Morgan fingerprint density at radius 2 is 1.65 bits per heavy atom. The van der Waals surface area contributed by atoms with Crippen LogP contribution in [0.2, 0.25) is 0 Å². The first-order valence-electron chi connectivity index (χ1n) is 9.09. The molecule has 0 bridgehead atoms. The van der Waals surface area contributed by atoms with Crippen LogP contribution in [-0.2, 0) is 21.2 Å². The van der Waals surface area contributed by atoms with Crippen LogP contribution < -0.4 is 0 Å². The second-order valence-electron chi connectivity index (χ2n) is 7.46. The highest BCUT2D eigenvalue weighted by atomic mass is 32.2. The number of ether oxygens (including phenoxy) is 1. The molecule has 1 aliphatic rings. The number of aryl methyl sites for hydroxylation is 1. The molecule has 1 saturated heterocycles. The van der Waals surface area contributed by atoms with E-state index in [2.05, 4.69) is 0 Å². The van der Waals surface area contributed by atoms with Crippen molar-refractivity contribution in [2.45, 2.75) is 38.3 Å². The van der Waals surface area contributed by atoms with Crippen molar-refractivity contribution in [3.8, 4) is 0 Å². The van der Waals surface area contributed by atoms with Crippen LogP contribution in [-0.4, -0.2) is 37.2 Å². The Bertz CT molecular complexity index is 804. The number of benzene rings is 2. The number of sulfonamides is 1. The van der Waals surface area contributed by atoms with E-state index < -0.39 is 15.6 Å². The molecule has 2 aromatic rings. The van der Waals surface area contributed by atoms with E-state index >= 15 is 0 Å². The molecule has 0 N–H and O–H groups in total. The van der Waals surface area contributed by atoms with Crippen LogP contribution in [0.25, 0.3) is 0 Å². The first-order chi connectivity index (χ1) is 12.4. The van der Waals surface area contributed by atoms with Gasteiger partial charge in [-0.05, 0) is 37.8 Å². The summed E-state index contributed by atoms with van der Waals surface area (Å²) < 4.78 is 33.7. The van der Waals surface area contributed by atoms with Crippen molar-refractivity contribution >= 4 is 10.0 Å². The van der Waals surface area contributed by atoms with Crippen LogP contribution in [0, 0.1) is 0 Å². The first kappa shape index (κ1) is 19.1. The summed E-state index contributed by atoms with van der Waals surface area (Å²) in [5.74, 6) is 0.160. The van der Waals surface area contributed by atoms with E-state index in [-0.39, 0.29) is 11.9 Å². The van der Waals surface area contributed by atoms with E-state index in [4.69, 9.17) is 4.74 Å². The number of rotatable bonds is 6. The third-order valence-corrected chi connectivity index (χ3v) is 6.98. The second-order valence-corrected chi connectivity index (χ2v) is 9.47. The monoisotopic (exact) mass is 373 g/mol. The summed E-state index contributed by atoms with van der Waals surface area (Å²) in [5, 5.41) is 0. The standard InChI is InChI=1S/C21H27NO3S/c1-21(2)17-25-20(19-13-7-4-8-14-19)16-22(21)26(23,24)15-9-12-18-10-5-3-6-11-18/h3-8,10-11,13-14,20H,9,12,15-17H2,1-2H3. The summed E-state index contributed by atoms with van der Waals surface area (Å²) in [4.78, 5) is 0. The molecule has 0 aromatic heterocycles. The molecular formula is C21H27NO3S. The van der Waals surface area contributed by atoms with Crippen LogP contribution in [0.3, 0.4) is 0 Å². The lowest BCUT2D eigenvalue weighted by Gasteiger charge is -2.44. The van der Waals surface area contributed by atoms with Crippen molar-refractivity contribution in [2.75, 3.05) is 18.9 Å². The normalized spacial score (nSPS) is 20.8. The van der Waals surface area contributed by atoms with Gasteiger partial charge in [0.15, 0.2) is 0 Å². The van der Waals surface area contributed by atoms with E-state index in [0.29, 0.717) is 19.6 Å². The lowest BCUT2D eigenvalue weighted by molar-refractivity contribution is -0.0655. The maximum atomic E-state index is 13.0. The summed E-state index contributed by atoms with van der Waals surface area (Å²) in [6.07, 6.45) is 1.18. The number of hydrogen-bond donors (Lipinski definition) is 0. The van der Waals surface area contributed by atoms with Gasteiger partial charge in [-0.3, -0.25) is 0 Å². The Balaban J connectivity index is 1.69. The fourth-order valence-corrected chi connectivity index (χ4v) is 5.30. The summed E-state index contributed by atoms with van der Waals surface area (Å²) >= 11 is 0. The molecule has 140 valence electrons. The molecule has 26 heavy (non-hydrogen) atoms. The Hall–Kier alpha value is -1.69. The van der Waals surface area contributed by atoms with E-state index in [0.717, 1.165) is 12.0 Å². The summed E-state index contributed by atoms with van der Waals surface area (Å²) in [7, 11) is -3.35. The van der Waals surface area contributed by atoms with Crippen LogP contribution in [0.5, 0.6) is 0 Å². The number of nitrogens with zero attached hydrogens (tertiary/aromatic N) is 1. The molecule has 0 aliphatic carbocycles. The highest BCUT2D eigenvalue weighted by molar-refractivity contribution is 7.89. The zero-order valence-corrected chi connectivity index (χ0v) is 16.3. The molecule has 2 aromatic carbocycles. The van der Waals surface area contributed by atoms with Gasteiger partial charge in [0, 0.05) is 6.54 Å². The van der Waals surface area contributed by atoms with Gasteiger partial charge in [0.2, 0.25) is 10.0 Å². The maximum absolute atomic E-state index is 13.0. The van der Waals surface area contributed by atoms with Gasteiger partial charge >= 0.3 is 0 Å². The molecule has 1 heterocycles. The fourth-order valence-electron chi connectivity index (χ4n) is 3.40. The molecule has 0 spiro atoms. The first-order valence-corrected chi connectivity index (χ1v) is 10.7. The Labute approximate surface area is 156 Å². The highest BCUT2D eigenvalue weighted by Crippen LogP contribution is 2.32. The minimum Gasteiger partial charge on any atom is -0.370 e. The third-order valence-electron chi connectivity index (χ3n) is 4.86. The molecular weight excluding hydrogens is 346 g/mol. The SMILES string of the molecule is CC1(C)COC(c2ccccc2)CN1S(=O)(=O)CCCc1ccccc1. The smallest absolute Gasteiger partial charge is 0.214 e. The van der Waals surface area contributed by atoms with Gasteiger partial charge in [-0.25, -0.2) is 8.42 Å². The predicted octanol–water partition coefficient (Wildman–Crippen LogP) is 3.80. The quantitative estimate of drug-likeness (QED) is 0.774. The molecule has 1 fully saturated rings. The van der Waals surface area contributed by atoms with Crippen LogP contribution in [0.4, 0.5) is 0 Å². The van der Waals surface area contributed by atoms with Crippen molar-refractivity contribution in [2.24, 2.45) is 0 Å². The van der Waals surface area contributed by atoms with Gasteiger partial charge < -0.3 is 4.74 Å². The minimum absolute atomic E-state index is 0.160. The highest BCUT2D eigenvalue weighted by Gasteiger charge is 2.42. The number of morpholine rings is 1. The zero-order chi connectivity index (χ0) is 18.6. The molecule has 0 saturated carbocycles. The maximum Gasteiger partial charge on any atom is 0.214 e. The number of hydrogen-bond acceptors (Lipinski definition) is 3. The second kappa shape index (κ2) is 7.91. The summed E-state index contributed by atoms with van der Waals surface area (Å²) in [6.45, 7) is 4.63. The van der Waals surface area contributed by atoms with Crippen molar-refractivity contribution in [3.05, 3.63) is 71.8 Å². The molecule has 4 nitrogen and oxygen atoms in total. The average molecular weight is 374 g/mol. The van der Waals surface area contributed by atoms with Gasteiger partial charge in [0.1, 0.15) is 0 Å². The topological polar surface area (TPSA) is 46.6 Å². The predicted molar refractivity (Wildman–Crippen MR) is 104 cm³/mol. The van der Waals surface area contributed by atoms with Gasteiger partial charge in [-0.2, -0.15) is 4.31 Å². The zero-order valence-electron chi connectivity index (χ0n) is 15.5. The lowest BCUT2D eigenvalue weighted by Crippen LogP contribution is -2.56. The Morgan fingerprint density at radius 3 is 2.31 bits per heavy atom. The molecule has 5 heteroatoms. The van der Waals surface area contributed by atoms with E-state index in [9.17, 15) is 8.42 Å². The molecule has 1 unspecified atom stereocenters. The Kier molecular flexibility index (Phi) is 5.80. The molecule has 1 aliphatic heterocycles. The van der Waals surface area contributed by atoms with Gasteiger partial charge in [-0.15, -0.1) is 0 Å². The average Bonchev–Trinajstić information content (AvgIpc) is 2.63. The minimum atomic E-state index is -3.35. The van der Waals surface area contributed by atoms with E-state index in [1.807, 2.05) is 74.5 Å². The lowest BCUT2D eigenvalue weighted by atomic mass is 10.0. The molecule has 3 rings (SSSR count). The van der Waals surface area contributed by atoms with Crippen LogP contribution in [0.15, 0.2) is 60.7 Å². The van der Waals surface area contributed by atoms with Crippen LogP contribution >= 0.6 is 0 Å². The van der Waals surface area contributed by atoms with Crippen molar-refractivity contribution < 1.29 is 13.2 Å². The third kappa shape index (κ3) is 4.53. The van der Waals surface area contributed by atoms with Crippen LogP contribution in [0.1, 0.15) is 37.5 Å². The van der Waals surface area contributed by atoms with Gasteiger partial charge in [0.25, 0.3) is 0 Å². The van der Waals surface area contributed by atoms with Crippen molar-refractivity contribution in [3.63, 3.8) is 0 Å². The fraction of sp³-hybridized carbons (Fsp3) is 0.429. The summed E-state index contributed by atoms with van der Waals surface area (Å²) in [6, 6.07) is 19.9. The Morgan fingerprint density at radius 1 is 1.04 bits per heavy atom. The van der Waals surface area contributed by atoms with Crippen molar-refractivity contribution in [1.29, 1.82) is 0 Å². The van der Waals surface area contributed by atoms with Gasteiger partial charge in [0.05, 0.1) is 24.0 Å². The van der Waals surface area contributed by atoms with E-state index in [1.54, 1.807) is 4.31 Å². The molecule has 0 radical (unpaired) electrons. The molecule has 1 atom stereocenters. The largest absolute Gasteiger partial charge is 0.370 e.